The fourth-order valence-corrected chi connectivity index (χ4v) is 2.43. The van der Waals surface area contributed by atoms with Gasteiger partial charge >= 0.3 is 0 Å². The van der Waals surface area contributed by atoms with E-state index in [4.69, 9.17) is 0 Å². The number of nitrogens with zero attached hydrogens (tertiary/aromatic N) is 1. The molecule has 20 heavy (non-hydrogen) atoms. The summed E-state index contributed by atoms with van der Waals surface area (Å²) in [4.78, 5) is 10.5. The Bertz CT molecular complexity index is 449. The van der Waals surface area contributed by atoms with Crippen LogP contribution in [0, 0.1) is 16.0 Å². The molecule has 112 valence electrons. The van der Waals surface area contributed by atoms with Crippen molar-refractivity contribution in [3.63, 3.8) is 0 Å². The van der Waals surface area contributed by atoms with Crippen LogP contribution < -0.4 is 5.32 Å². The fourth-order valence-electron chi connectivity index (χ4n) is 2.03. The first-order chi connectivity index (χ1) is 9.40. The molecule has 0 radical (unpaired) electrons. The molecule has 1 aromatic carbocycles. The second kappa shape index (κ2) is 8.37. The Morgan fingerprint density at radius 3 is 2.60 bits per heavy atom. The molecule has 0 spiro atoms. The molecule has 1 atom stereocenters. The zero-order chi connectivity index (χ0) is 15.1. The van der Waals surface area contributed by atoms with Gasteiger partial charge in [-0.25, -0.2) is 0 Å². The van der Waals surface area contributed by atoms with Gasteiger partial charge in [-0.2, -0.15) is 0 Å². The summed E-state index contributed by atoms with van der Waals surface area (Å²) in [5, 5.41) is 14.3. The third kappa shape index (κ3) is 6.01. The maximum Gasteiger partial charge on any atom is 0.283 e. The molecule has 1 aromatic rings. The van der Waals surface area contributed by atoms with Crippen LogP contribution in [0.5, 0.6) is 0 Å². The van der Waals surface area contributed by atoms with Gasteiger partial charge in [-0.15, -0.1) is 0 Å². The van der Waals surface area contributed by atoms with E-state index in [0.29, 0.717) is 17.1 Å². The van der Waals surface area contributed by atoms with Crippen LogP contribution in [0.2, 0.25) is 0 Å². The maximum atomic E-state index is 10.9. The predicted molar refractivity (Wildman–Crippen MR) is 85.8 cm³/mol. The molecule has 0 heterocycles. The summed E-state index contributed by atoms with van der Waals surface area (Å²) in [5.41, 5.74) is 1.06. The molecule has 1 unspecified atom stereocenters. The minimum Gasteiger partial charge on any atom is -0.310 e. The van der Waals surface area contributed by atoms with Gasteiger partial charge in [-0.1, -0.05) is 32.8 Å². The molecule has 1 rings (SSSR count). The van der Waals surface area contributed by atoms with E-state index in [1.165, 1.54) is 12.8 Å². The summed E-state index contributed by atoms with van der Waals surface area (Å²) in [6.45, 7) is 7.29. The highest BCUT2D eigenvalue weighted by Gasteiger charge is 2.12. The van der Waals surface area contributed by atoms with Gasteiger partial charge < -0.3 is 5.32 Å². The van der Waals surface area contributed by atoms with Crippen LogP contribution in [-0.4, -0.2) is 11.0 Å². The summed E-state index contributed by atoms with van der Waals surface area (Å²) in [6, 6.07) is 5.69. The van der Waals surface area contributed by atoms with Crippen LogP contribution in [0.25, 0.3) is 0 Å². The average Bonchev–Trinajstić information content (AvgIpc) is 2.37. The maximum absolute atomic E-state index is 10.9. The Morgan fingerprint density at radius 1 is 1.30 bits per heavy atom. The second-order valence-corrected chi connectivity index (χ2v) is 6.50. The van der Waals surface area contributed by atoms with E-state index in [1.807, 2.05) is 6.07 Å². The Kier molecular flexibility index (Phi) is 7.16. The molecule has 4 nitrogen and oxygen atoms in total. The Hall–Kier alpha value is -0.940. The van der Waals surface area contributed by atoms with Crippen molar-refractivity contribution in [2.45, 2.75) is 52.6 Å². The van der Waals surface area contributed by atoms with E-state index >= 15 is 0 Å². The minimum absolute atomic E-state index is 0.122. The standard InChI is InChI=1S/C15H23BrN2O2/c1-11(2)5-4-6-12(3)17-10-13-7-8-14(16)15(9-13)18(19)20/h7-9,11-12,17H,4-6,10H2,1-3H3. The first kappa shape index (κ1) is 17.1. The molecule has 0 bridgehead atoms. The van der Waals surface area contributed by atoms with E-state index < -0.39 is 0 Å². The topological polar surface area (TPSA) is 55.2 Å². The summed E-state index contributed by atoms with van der Waals surface area (Å²) in [7, 11) is 0. The largest absolute Gasteiger partial charge is 0.310 e. The highest BCUT2D eigenvalue weighted by atomic mass is 79.9. The van der Waals surface area contributed by atoms with Crippen LogP contribution in [0.1, 0.15) is 45.6 Å². The van der Waals surface area contributed by atoms with E-state index in [-0.39, 0.29) is 10.6 Å². The van der Waals surface area contributed by atoms with Crippen molar-refractivity contribution in [2.75, 3.05) is 0 Å². The molecule has 0 aliphatic rings. The number of nitro benzene ring substituents is 1. The lowest BCUT2D eigenvalue weighted by Crippen LogP contribution is -2.25. The van der Waals surface area contributed by atoms with E-state index in [2.05, 4.69) is 42.0 Å². The second-order valence-electron chi connectivity index (χ2n) is 5.65. The van der Waals surface area contributed by atoms with Crippen molar-refractivity contribution < 1.29 is 4.92 Å². The van der Waals surface area contributed by atoms with Gasteiger partial charge in [-0.05, 0) is 46.8 Å². The Labute approximate surface area is 129 Å². The predicted octanol–water partition coefficient (Wildman–Crippen LogP) is 4.66. The summed E-state index contributed by atoms with van der Waals surface area (Å²) < 4.78 is 0.524. The van der Waals surface area contributed by atoms with Crippen LogP contribution in [-0.2, 0) is 6.54 Å². The third-order valence-electron chi connectivity index (χ3n) is 3.28. The van der Waals surface area contributed by atoms with Crippen molar-refractivity contribution in [3.8, 4) is 0 Å². The van der Waals surface area contributed by atoms with Gasteiger partial charge in [0.2, 0.25) is 0 Å². The molecule has 0 amide bonds. The summed E-state index contributed by atoms with van der Waals surface area (Å²) in [6.07, 6.45) is 3.60. The van der Waals surface area contributed by atoms with Crippen LogP contribution in [0.3, 0.4) is 0 Å². The minimum atomic E-state index is -0.361. The smallest absolute Gasteiger partial charge is 0.283 e. The van der Waals surface area contributed by atoms with Gasteiger partial charge in [0.05, 0.1) is 9.40 Å². The van der Waals surface area contributed by atoms with Gasteiger partial charge in [0.25, 0.3) is 5.69 Å². The van der Waals surface area contributed by atoms with E-state index in [9.17, 15) is 10.1 Å². The van der Waals surface area contributed by atoms with Crippen LogP contribution in [0.4, 0.5) is 5.69 Å². The van der Waals surface area contributed by atoms with Gasteiger partial charge in [0, 0.05) is 18.7 Å². The number of halogens is 1. The number of hydrogen-bond donors (Lipinski definition) is 1. The molecule has 0 aliphatic heterocycles. The lowest BCUT2D eigenvalue weighted by atomic mass is 10.0. The van der Waals surface area contributed by atoms with Gasteiger partial charge in [0.15, 0.2) is 0 Å². The lowest BCUT2D eigenvalue weighted by molar-refractivity contribution is -0.385. The summed E-state index contributed by atoms with van der Waals surface area (Å²) in [5.74, 6) is 0.747. The van der Waals surface area contributed by atoms with Crippen LogP contribution >= 0.6 is 15.9 Å². The Balaban J connectivity index is 2.45. The molecule has 0 saturated carbocycles. The molecule has 5 heteroatoms. The van der Waals surface area contributed by atoms with Gasteiger partial charge in [0.1, 0.15) is 0 Å². The molecule has 1 N–H and O–H groups in total. The zero-order valence-electron chi connectivity index (χ0n) is 12.4. The number of nitrogens with one attached hydrogen (secondary N) is 1. The molecular formula is C15H23BrN2O2. The number of hydrogen-bond acceptors (Lipinski definition) is 3. The molecule has 0 saturated heterocycles. The van der Waals surface area contributed by atoms with Crippen molar-refractivity contribution in [2.24, 2.45) is 5.92 Å². The number of rotatable bonds is 8. The number of benzene rings is 1. The van der Waals surface area contributed by atoms with Crippen LogP contribution in [0.15, 0.2) is 22.7 Å². The Morgan fingerprint density at radius 2 is 2.00 bits per heavy atom. The highest BCUT2D eigenvalue weighted by molar-refractivity contribution is 9.10. The van der Waals surface area contributed by atoms with E-state index in [0.717, 1.165) is 17.9 Å². The van der Waals surface area contributed by atoms with E-state index in [1.54, 1.807) is 12.1 Å². The zero-order valence-corrected chi connectivity index (χ0v) is 13.9. The van der Waals surface area contributed by atoms with Crippen molar-refractivity contribution in [1.29, 1.82) is 0 Å². The first-order valence-electron chi connectivity index (χ1n) is 7.06. The van der Waals surface area contributed by atoms with Gasteiger partial charge in [-0.3, -0.25) is 10.1 Å². The SMILES string of the molecule is CC(C)CCCC(C)NCc1ccc(Br)c([N+](=O)[O-])c1. The summed E-state index contributed by atoms with van der Waals surface area (Å²) >= 11 is 3.20. The fraction of sp³-hybridized carbons (Fsp3) is 0.600. The average molecular weight is 343 g/mol. The number of nitro groups is 1. The first-order valence-corrected chi connectivity index (χ1v) is 7.85. The molecule has 0 aromatic heterocycles. The quantitative estimate of drug-likeness (QED) is 0.552. The molecule has 0 aliphatic carbocycles. The lowest BCUT2D eigenvalue weighted by Gasteiger charge is -2.14. The molecular weight excluding hydrogens is 320 g/mol. The van der Waals surface area contributed by atoms with Crippen molar-refractivity contribution in [3.05, 3.63) is 38.3 Å². The third-order valence-corrected chi connectivity index (χ3v) is 3.95. The van der Waals surface area contributed by atoms with Crippen molar-refractivity contribution >= 4 is 21.6 Å². The monoisotopic (exact) mass is 342 g/mol. The highest BCUT2D eigenvalue weighted by Crippen LogP contribution is 2.25. The van der Waals surface area contributed by atoms with Crippen molar-refractivity contribution in [1.82, 2.24) is 5.32 Å². The normalized spacial score (nSPS) is 12.7. The molecule has 0 fully saturated rings.